The van der Waals surface area contributed by atoms with E-state index in [1.54, 1.807) is 31.2 Å². The van der Waals surface area contributed by atoms with Gasteiger partial charge in [-0.25, -0.2) is 18.0 Å². The Morgan fingerprint density at radius 1 is 0.836 bits per heavy atom. The van der Waals surface area contributed by atoms with Crippen LogP contribution in [0, 0.1) is 28.8 Å². The van der Waals surface area contributed by atoms with E-state index in [1.165, 1.54) is 41.2 Å². The van der Waals surface area contributed by atoms with Crippen molar-refractivity contribution >= 4 is 33.2 Å². The largest absolute Gasteiger partial charge is 0.508 e. The zero-order chi connectivity index (χ0) is 50.6. The van der Waals surface area contributed by atoms with Crippen LogP contribution in [0.4, 0.5) is 24.7 Å². The molecule has 4 aliphatic heterocycles. The maximum Gasteiger partial charge on any atom is 0.332 e. The molecule has 3 aromatic carbocycles. The van der Waals surface area contributed by atoms with Crippen LogP contribution in [0.3, 0.4) is 0 Å². The van der Waals surface area contributed by atoms with Gasteiger partial charge in [0.1, 0.15) is 34.4 Å². The average Bonchev–Trinajstić information content (AvgIpc) is 4.15. The number of aromatic amines is 1. The minimum Gasteiger partial charge on any atom is -0.508 e. The monoisotopic (exact) mass is 1000 g/mol. The molecule has 11 rings (SSSR count). The Kier molecular flexibility index (Phi) is 13.5. The minimum absolute atomic E-state index is 0.0120. The fourth-order valence-corrected chi connectivity index (χ4v) is 12.2. The van der Waals surface area contributed by atoms with E-state index in [0.717, 1.165) is 110 Å². The van der Waals surface area contributed by atoms with Crippen molar-refractivity contribution < 1.29 is 28.1 Å². The number of aromatic nitrogens is 5. The summed E-state index contributed by atoms with van der Waals surface area (Å²) >= 11 is 0. The number of hydrogen-bond acceptors (Lipinski definition) is 13. The number of aliphatic hydroxyl groups is 1. The van der Waals surface area contributed by atoms with Gasteiger partial charge in [-0.15, -0.1) is 0 Å². The molecule has 0 amide bonds. The zero-order valence-electron chi connectivity index (χ0n) is 41.8. The molecule has 0 bridgehead atoms. The lowest BCUT2D eigenvalue weighted by Crippen LogP contribution is -2.54. The van der Waals surface area contributed by atoms with Crippen LogP contribution in [-0.4, -0.2) is 146 Å². The van der Waals surface area contributed by atoms with E-state index < -0.39 is 28.5 Å². The molecular formula is C55H65F3N10O5. The fraction of sp³-hybridized carbons (Fsp3) is 0.509. The van der Waals surface area contributed by atoms with Crippen molar-refractivity contribution in [2.75, 3.05) is 94.9 Å². The highest BCUT2D eigenvalue weighted by Crippen LogP contribution is 2.47. The van der Waals surface area contributed by atoms with Crippen LogP contribution >= 0.6 is 0 Å². The zero-order valence-corrected chi connectivity index (χ0v) is 41.8. The number of phenols is 1. The molecule has 3 aromatic heterocycles. The molecule has 4 saturated heterocycles. The number of hydrogen-bond donors (Lipinski definition) is 3. The average molecular weight is 1000 g/mol. The molecule has 1 atom stereocenters. The number of aromatic hydroxyl groups is 1. The predicted octanol–water partition coefficient (Wildman–Crippen LogP) is 6.88. The van der Waals surface area contributed by atoms with Crippen LogP contribution in [0.15, 0.2) is 70.5 Å². The highest BCUT2D eigenvalue weighted by atomic mass is 19.1. The maximum atomic E-state index is 17.1. The van der Waals surface area contributed by atoms with Crippen molar-refractivity contribution in [3.05, 3.63) is 105 Å². The molecular weight excluding hydrogens is 938 g/mol. The molecule has 5 fully saturated rings. The lowest BCUT2D eigenvalue weighted by molar-refractivity contribution is 0.0429. The Bertz CT molecular complexity index is 3140. The topological polar surface area (TPSA) is 159 Å². The van der Waals surface area contributed by atoms with Gasteiger partial charge in [-0.3, -0.25) is 24.2 Å². The number of fused-ring (bicyclic) bond motifs is 2. The molecule has 3 N–H and O–H groups in total. The van der Waals surface area contributed by atoms with Crippen LogP contribution in [0.5, 0.6) is 11.8 Å². The number of nitrogens with one attached hydrogen (secondary N) is 1. The van der Waals surface area contributed by atoms with Gasteiger partial charge >= 0.3 is 11.7 Å². The van der Waals surface area contributed by atoms with Gasteiger partial charge in [0.2, 0.25) is 0 Å². The van der Waals surface area contributed by atoms with E-state index >= 15 is 13.2 Å². The summed E-state index contributed by atoms with van der Waals surface area (Å²) < 4.78 is 55.4. The van der Waals surface area contributed by atoms with Gasteiger partial charge in [0, 0.05) is 107 Å². The molecule has 18 heteroatoms. The van der Waals surface area contributed by atoms with Crippen molar-refractivity contribution in [2.45, 2.75) is 83.3 Å². The SMILES string of the molecule is CCc1c(F)ccc2cc(O)cc(-c3ncc4c(N5CCC[C@@](C)(O)C5)nc(OCC5(CN6CCN(C7CCN(CC8CCN(c9ccc(-n%10ccc(=O)[nH]c%10=O)cc9F)CC8)CC7)CC6)CC5)nc4c3F)c12. The number of β-amino-alcohol motifs (C(OH)–C–C–N with tert-alkyl or cyclic N) is 1. The Morgan fingerprint density at radius 2 is 1.62 bits per heavy atom. The standard InChI is InChI=1S/C55H65F3N10O5/c1-3-40-43(56)7-5-36-27-39(69)29-41(47(36)40)49-48(58)50-42(30-59-49)51(67-17-4-14-54(2,72)32-67)62-52(61-50)73-34-55(15-16-55)33-64-23-25-65(26-24-64)37-11-18-63(19-12-37)31-35-9-20-66(21-10-35)45-8-6-38(28-44(45)57)68-22-13-46(70)60-53(68)71/h5-8,13,22,27-30,35,37,69,72H,3-4,9-12,14-21,23-26,31-34H2,1-2H3,(H,60,70,71)/t54-/m1/s1. The first-order valence-electron chi connectivity index (χ1n) is 26.2. The molecule has 0 unspecified atom stereocenters. The van der Waals surface area contributed by atoms with Gasteiger partial charge in [-0.2, -0.15) is 9.97 Å². The van der Waals surface area contributed by atoms with Crippen LogP contribution in [0.1, 0.15) is 70.8 Å². The third kappa shape index (κ3) is 10.3. The Morgan fingerprint density at radius 3 is 2.33 bits per heavy atom. The third-order valence-electron chi connectivity index (χ3n) is 16.4. The lowest BCUT2D eigenvalue weighted by atomic mass is 9.94. The van der Waals surface area contributed by atoms with E-state index in [4.69, 9.17) is 14.7 Å². The Labute approximate surface area is 422 Å². The summed E-state index contributed by atoms with van der Waals surface area (Å²) in [5.41, 5.74) is -0.583. The summed E-state index contributed by atoms with van der Waals surface area (Å²) in [6.07, 6.45) is 10.9. The summed E-state index contributed by atoms with van der Waals surface area (Å²) in [4.78, 5) is 52.0. The molecule has 5 aliphatic rings. The first-order chi connectivity index (χ1) is 35.2. The van der Waals surface area contributed by atoms with Gasteiger partial charge < -0.3 is 34.5 Å². The molecule has 7 heterocycles. The lowest BCUT2D eigenvalue weighted by Gasteiger charge is -2.44. The second-order valence-electron chi connectivity index (χ2n) is 21.7. The molecule has 1 aliphatic carbocycles. The number of nitrogens with zero attached hydrogens (tertiary/aromatic N) is 9. The summed E-state index contributed by atoms with van der Waals surface area (Å²) in [5, 5.41) is 23.3. The van der Waals surface area contributed by atoms with Crippen LogP contribution in [-0.2, 0) is 6.42 Å². The number of ether oxygens (including phenoxy) is 1. The summed E-state index contributed by atoms with van der Waals surface area (Å²) in [7, 11) is 0. The highest BCUT2D eigenvalue weighted by molar-refractivity contribution is 6.01. The van der Waals surface area contributed by atoms with Crippen molar-refractivity contribution in [3.8, 4) is 28.7 Å². The number of piperidine rings is 3. The molecule has 73 heavy (non-hydrogen) atoms. The Balaban J connectivity index is 0.692. The van der Waals surface area contributed by atoms with Crippen molar-refractivity contribution in [1.29, 1.82) is 0 Å². The van der Waals surface area contributed by atoms with Crippen molar-refractivity contribution in [3.63, 3.8) is 0 Å². The fourth-order valence-electron chi connectivity index (χ4n) is 12.2. The second-order valence-corrected chi connectivity index (χ2v) is 21.7. The van der Waals surface area contributed by atoms with Gasteiger partial charge in [0.25, 0.3) is 5.56 Å². The molecule has 386 valence electrons. The van der Waals surface area contributed by atoms with E-state index in [9.17, 15) is 19.8 Å². The van der Waals surface area contributed by atoms with Gasteiger partial charge in [-0.1, -0.05) is 13.0 Å². The van der Waals surface area contributed by atoms with E-state index in [-0.39, 0.29) is 39.8 Å². The number of likely N-dealkylation sites (tertiary alicyclic amines) is 1. The number of H-pyrrole nitrogens is 1. The molecule has 15 nitrogen and oxygen atoms in total. The summed E-state index contributed by atoms with van der Waals surface area (Å²) in [5.74, 6) is -0.606. The van der Waals surface area contributed by atoms with Crippen molar-refractivity contribution in [2.24, 2.45) is 11.3 Å². The number of piperazine rings is 1. The molecule has 1 saturated carbocycles. The molecule has 0 spiro atoms. The number of halogens is 3. The highest BCUT2D eigenvalue weighted by Gasteiger charge is 2.46. The van der Waals surface area contributed by atoms with Crippen LogP contribution < -0.4 is 25.8 Å². The second kappa shape index (κ2) is 20.0. The first kappa shape index (κ1) is 49.1. The number of rotatable bonds is 13. The molecule has 6 aromatic rings. The van der Waals surface area contributed by atoms with Crippen molar-refractivity contribution in [1.82, 2.24) is 39.2 Å². The van der Waals surface area contributed by atoms with E-state index in [0.29, 0.717) is 83.4 Å². The minimum atomic E-state index is -0.966. The maximum absolute atomic E-state index is 17.1. The Hall–Kier alpha value is -6.08. The van der Waals surface area contributed by atoms with Gasteiger partial charge in [0.05, 0.1) is 29.0 Å². The van der Waals surface area contributed by atoms with E-state index in [1.807, 2.05) is 11.8 Å². The number of aryl methyl sites for hydroxylation is 1. The normalized spacial score (nSPS) is 21.6. The number of anilines is 2. The third-order valence-corrected chi connectivity index (χ3v) is 16.4. The number of phenolic OH excluding ortho intramolecular Hbond substituents is 1. The van der Waals surface area contributed by atoms with Gasteiger partial charge in [0.15, 0.2) is 5.82 Å². The van der Waals surface area contributed by atoms with E-state index in [2.05, 4.69) is 29.6 Å². The van der Waals surface area contributed by atoms with Crippen LogP contribution in [0.25, 0.3) is 38.6 Å². The van der Waals surface area contributed by atoms with Gasteiger partial charge in [-0.05, 0) is 130 Å². The molecule has 0 radical (unpaired) electrons. The quantitative estimate of drug-likeness (QED) is 0.110. The summed E-state index contributed by atoms with van der Waals surface area (Å²) in [6.45, 7) is 14.6. The van der Waals surface area contributed by atoms with Crippen LogP contribution in [0.2, 0.25) is 0 Å². The number of benzene rings is 3. The predicted molar refractivity (Wildman–Crippen MR) is 275 cm³/mol. The number of pyridine rings is 1. The summed E-state index contributed by atoms with van der Waals surface area (Å²) in [6, 6.07) is 12.6. The smallest absolute Gasteiger partial charge is 0.332 e. The first-order valence-corrected chi connectivity index (χ1v) is 26.2.